The molecule has 0 spiro atoms. The number of rotatable bonds is 5. The Morgan fingerprint density at radius 3 is 2.62 bits per heavy atom. The molecule has 29 heavy (non-hydrogen) atoms. The average molecular weight is 407 g/mol. The molecule has 2 heterocycles. The second-order valence-corrected chi connectivity index (χ2v) is 7.14. The van der Waals surface area contributed by atoms with Gasteiger partial charge in [-0.05, 0) is 24.6 Å². The third kappa shape index (κ3) is 3.02. The summed E-state index contributed by atoms with van der Waals surface area (Å²) in [6.45, 7) is 2.06. The predicted octanol–water partition coefficient (Wildman–Crippen LogP) is 4.21. The van der Waals surface area contributed by atoms with Gasteiger partial charge < -0.3 is 19.5 Å². The molecule has 1 N–H and O–H groups in total. The van der Waals surface area contributed by atoms with Gasteiger partial charge in [0.15, 0.2) is 17.1 Å². The minimum atomic E-state index is -4.66. The molecule has 2 aliphatic rings. The Labute approximate surface area is 165 Å². The Morgan fingerprint density at radius 2 is 1.90 bits per heavy atom. The van der Waals surface area contributed by atoms with Crippen LogP contribution >= 0.6 is 0 Å². The molecular formula is C21H20F3NO4. The topological polar surface area (TPSA) is 59.0 Å². The van der Waals surface area contributed by atoms with Crippen LogP contribution in [-0.4, -0.2) is 24.4 Å². The molecule has 154 valence electrons. The Kier molecular flexibility index (Phi) is 4.69. The van der Waals surface area contributed by atoms with Crippen molar-refractivity contribution in [2.75, 3.05) is 18.2 Å². The van der Waals surface area contributed by atoms with E-state index in [1.165, 1.54) is 30.3 Å². The smallest absolute Gasteiger partial charge is 0.418 e. The van der Waals surface area contributed by atoms with Crippen LogP contribution in [0.5, 0.6) is 11.5 Å². The number of benzene rings is 2. The summed E-state index contributed by atoms with van der Waals surface area (Å²) >= 11 is 0. The van der Waals surface area contributed by atoms with E-state index >= 15 is 0 Å². The summed E-state index contributed by atoms with van der Waals surface area (Å²) in [6.07, 6.45) is -2.52. The van der Waals surface area contributed by atoms with Crippen LogP contribution in [0, 0.1) is 0 Å². The number of carbonyl (C=O) groups is 1. The van der Waals surface area contributed by atoms with E-state index in [0.717, 1.165) is 23.8 Å². The normalized spacial score (nSPS) is 20.3. The van der Waals surface area contributed by atoms with Crippen LogP contribution in [0.15, 0.2) is 36.4 Å². The Hall–Kier alpha value is -2.74. The first-order valence-corrected chi connectivity index (χ1v) is 9.43. The highest BCUT2D eigenvalue weighted by Gasteiger charge is 2.54. The molecule has 4 rings (SSSR count). The van der Waals surface area contributed by atoms with Crippen molar-refractivity contribution in [2.24, 2.45) is 0 Å². The third-order valence-electron chi connectivity index (χ3n) is 5.33. The zero-order chi connectivity index (χ0) is 20.8. The number of fused-ring (bicyclic) bond motifs is 2. The number of alkyl halides is 3. The zero-order valence-electron chi connectivity index (χ0n) is 15.8. The molecular weight excluding hydrogens is 387 g/mol. The van der Waals surface area contributed by atoms with E-state index in [-0.39, 0.29) is 30.2 Å². The first-order chi connectivity index (χ1) is 13.8. The lowest BCUT2D eigenvalue weighted by atomic mass is 9.86. The molecule has 0 aliphatic carbocycles. The molecule has 0 saturated heterocycles. The first-order valence-electron chi connectivity index (χ1n) is 9.43. The molecule has 8 heteroatoms. The van der Waals surface area contributed by atoms with Gasteiger partial charge in [0, 0.05) is 17.7 Å². The highest BCUT2D eigenvalue weighted by Crippen LogP contribution is 2.51. The van der Waals surface area contributed by atoms with Gasteiger partial charge in [-0.25, -0.2) is 0 Å². The summed E-state index contributed by atoms with van der Waals surface area (Å²) in [5.41, 5.74) is -3.38. The lowest BCUT2D eigenvalue weighted by Gasteiger charge is -2.24. The van der Waals surface area contributed by atoms with Crippen molar-refractivity contribution in [3.05, 3.63) is 53.1 Å². The highest BCUT2D eigenvalue weighted by atomic mass is 19.4. The van der Waals surface area contributed by atoms with E-state index in [1.807, 2.05) is 6.92 Å². The third-order valence-corrected chi connectivity index (χ3v) is 5.33. The first kappa shape index (κ1) is 19.6. The standard InChI is InChI=1S/C21H20F3NO4/c1-2-3-4-10-25-18-14(6-5-7-15(18)21(22,23)24)20(27,19(25)26)13-8-9-16-17(11-13)29-12-28-16/h5-9,11,27H,2-4,10,12H2,1H3. The van der Waals surface area contributed by atoms with Crippen LogP contribution in [0.25, 0.3) is 0 Å². The van der Waals surface area contributed by atoms with Gasteiger partial charge in [0.1, 0.15) is 0 Å². The van der Waals surface area contributed by atoms with Crippen LogP contribution in [0.3, 0.4) is 0 Å². The molecule has 1 atom stereocenters. The van der Waals surface area contributed by atoms with E-state index in [9.17, 15) is 23.1 Å². The molecule has 0 aromatic heterocycles. The van der Waals surface area contributed by atoms with Crippen molar-refractivity contribution < 1.29 is 32.5 Å². The van der Waals surface area contributed by atoms with E-state index in [2.05, 4.69) is 0 Å². The molecule has 2 aromatic rings. The number of carbonyl (C=O) groups excluding carboxylic acids is 1. The number of hydrogen-bond donors (Lipinski definition) is 1. The predicted molar refractivity (Wildman–Crippen MR) is 98.9 cm³/mol. The van der Waals surface area contributed by atoms with E-state index in [4.69, 9.17) is 9.47 Å². The number of hydrogen-bond acceptors (Lipinski definition) is 4. The maximum atomic E-state index is 13.7. The summed E-state index contributed by atoms with van der Waals surface area (Å²) in [4.78, 5) is 14.4. The Balaban J connectivity index is 1.88. The number of anilines is 1. The van der Waals surface area contributed by atoms with Gasteiger partial charge >= 0.3 is 6.18 Å². The molecule has 2 aromatic carbocycles. The zero-order valence-corrected chi connectivity index (χ0v) is 15.8. The van der Waals surface area contributed by atoms with Gasteiger partial charge in [0.05, 0.1) is 11.3 Å². The summed E-state index contributed by atoms with van der Waals surface area (Å²) in [6, 6.07) is 7.97. The maximum absolute atomic E-state index is 13.7. The highest BCUT2D eigenvalue weighted by molar-refractivity contribution is 6.10. The Bertz CT molecular complexity index is 959. The van der Waals surface area contributed by atoms with Crippen molar-refractivity contribution in [3.63, 3.8) is 0 Å². The number of halogens is 3. The van der Waals surface area contributed by atoms with Crippen LogP contribution in [0.2, 0.25) is 0 Å². The van der Waals surface area contributed by atoms with E-state index in [1.54, 1.807) is 0 Å². The summed E-state index contributed by atoms with van der Waals surface area (Å²) in [5.74, 6) is -0.00674. The molecule has 5 nitrogen and oxygen atoms in total. The fourth-order valence-electron chi connectivity index (χ4n) is 3.90. The number of nitrogens with zero attached hydrogens (tertiary/aromatic N) is 1. The van der Waals surface area contributed by atoms with Crippen LogP contribution < -0.4 is 14.4 Å². The molecule has 0 radical (unpaired) electrons. The molecule has 0 saturated carbocycles. The van der Waals surface area contributed by atoms with Gasteiger partial charge in [-0.1, -0.05) is 38.0 Å². The number of unbranched alkanes of at least 4 members (excludes halogenated alkanes) is 2. The minimum absolute atomic E-state index is 0.00309. The number of ether oxygens (including phenoxy) is 2. The quantitative estimate of drug-likeness (QED) is 0.755. The SMILES string of the molecule is CCCCCN1C(=O)C(O)(c2ccc3c(c2)OCO3)c2cccc(C(F)(F)F)c21. The lowest BCUT2D eigenvalue weighted by molar-refractivity contribution is -0.137. The van der Waals surface area contributed by atoms with Crippen molar-refractivity contribution in [1.82, 2.24) is 0 Å². The largest absolute Gasteiger partial charge is 0.454 e. The van der Waals surface area contributed by atoms with Gasteiger partial charge in [-0.3, -0.25) is 4.79 Å². The second kappa shape index (κ2) is 6.95. The monoisotopic (exact) mass is 407 g/mol. The molecule has 0 bridgehead atoms. The van der Waals surface area contributed by atoms with Crippen molar-refractivity contribution in [2.45, 2.75) is 38.0 Å². The van der Waals surface area contributed by atoms with Gasteiger partial charge in [0.25, 0.3) is 5.91 Å². The van der Waals surface area contributed by atoms with Crippen LogP contribution in [-0.2, 0) is 16.6 Å². The summed E-state index contributed by atoms with van der Waals surface area (Å²) in [5, 5.41) is 11.5. The van der Waals surface area contributed by atoms with Crippen molar-refractivity contribution in [3.8, 4) is 11.5 Å². The van der Waals surface area contributed by atoms with Gasteiger partial charge in [-0.2, -0.15) is 13.2 Å². The van der Waals surface area contributed by atoms with Crippen molar-refractivity contribution >= 4 is 11.6 Å². The molecule has 1 amide bonds. The maximum Gasteiger partial charge on any atom is 0.418 e. The second-order valence-electron chi connectivity index (χ2n) is 7.14. The lowest BCUT2D eigenvalue weighted by Crippen LogP contribution is -2.41. The van der Waals surface area contributed by atoms with Gasteiger partial charge in [0.2, 0.25) is 6.79 Å². The van der Waals surface area contributed by atoms with Crippen LogP contribution in [0.1, 0.15) is 42.9 Å². The molecule has 2 aliphatic heterocycles. The Morgan fingerprint density at radius 1 is 1.14 bits per heavy atom. The average Bonchev–Trinajstić information content (AvgIpc) is 3.24. The number of amides is 1. The fraction of sp³-hybridized carbons (Fsp3) is 0.381. The van der Waals surface area contributed by atoms with Crippen LogP contribution in [0.4, 0.5) is 18.9 Å². The summed E-state index contributed by atoms with van der Waals surface area (Å²) in [7, 11) is 0. The van der Waals surface area contributed by atoms with E-state index < -0.39 is 23.2 Å². The molecule has 0 fully saturated rings. The van der Waals surface area contributed by atoms with Crippen molar-refractivity contribution in [1.29, 1.82) is 0 Å². The summed E-state index contributed by atoms with van der Waals surface area (Å²) < 4.78 is 51.7. The molecule has 1 unspecified atom stereocenters. The number of para-hydroxylation sites is 1. The van der Waals surface area contributed by atoms with E-state index in [0.29, 0.717) is 17.9 Å². The fourth-order valence-corrected chi connectivity index (χ4v) is 3.90. The number of aliphatic hydroxyl groups is 1. The minimum Gasteiger partial charge on any atom is -0.454 e. The van der Waals surface area contributed by atoms with Gasteiger partial charge in [-0.15, -0.1) is 0 Å².